The van der Waals surface area contributed by atoms with Crippen LogP contribution in [0.25, 0.3) is 0 Å². The topological polar surface area (TPSA) is 89.2 Å². The number of carbonyl (C=O) groups is 2. The summed E-state index contributed by atoms with van der Waals surface area (Å²) in [4.78, 5) is 39.5. The van der Waals surface area contributed by atoms with Crippen molar-refractivity contribution in [2.45, 2.75) is 58.2 Å². The molecule has 2 amide bonds. The Bertz CT molecular complexity index is 911. The van der Waals surface area contributed by atoms with Gasteiger partial charge in [0.25, 0.3) is 11.5 Å². The van der Waals surface area contributed by atoms with Crippen molar-refractivity contribution in [2.24, 2.45) is 0 Å². The minimum absolute atomic E-state index is 0.0391. The summed E-state index contributed by atoms with van der Waals surface area (Å²) >= 11 is 0. The maximum atomic E-state index is 12.7. The average Bonchev–Trinajstić information content (AvgIpc) is 3.14. The van der Waals surface area contributed by atoms with Gasteiger partial charge in [0.2, 0.25) is 5.91 Å². The van der Waals surface area contributed by atoms with Gasteiger partial charge in [0.05, 0.1) is 12.2 Å². The number of nitrogens with one attached hydrogen (secondary N) is 1. The normalized spacial score (nSPS) is 14.6. The van der Waals surface area contributed by atoms with Crippen molar-refractivity contribution in [1.82, 2.24) is 24.6 Å². The van der Waals surface area contributed by atoms with Gasteiger partial charge >= 0.3 is 0 Å². The molecule has 2 aromatic rings. The van der Waals surface area contributed by atoms with Gasteiger partial charge in [-0.2, -0.15) is 5.10 Å². The lowest BCUT2D eigenvalue weighted by Crippen LogP contribution is -2.42. The van der Waals surface area contributed by atoms with Crippen molar-refractivity contribution >= 4 is 11.8 Å². The molecule has 156 valence electrons. The van der Waals surface area contributed by atoms with Gasteiger partial charge < -0.3 is 14.8 Å². The fraction of sp³-hybridized carbons (Fsp3) is 0.524. The summed E-state index contributed by atoms with van der Waals surface area (Å²) in [7, 11) is 1.80. The van der Waals surface area contributed by atoms with E-state index in [1.807, 2.05) is 19.2 Å². The lowest BCUT2D eigenvalue weighted by atomic mass is 9.94. The molecule has 0 radical (unpaired) electrons. The van der Waals surface area contributed by atoms with Crippen LogP contribution in [-0.2, 0) is 17.9 Å². The van der Waals surface area contributed by atoms with Crippen molar-refractivity contribution in [3.63, 3.8) is 0 Å². The molecule has 0 saturated heterocycles. The molecule has 29 heavy (non-hydrogen) atoms. The first-order valence-corrected chi connectivity index (χ1v) is 10.2. The van der Waals surface area contributed by atoms with Crippen LogP contribution in [0, 0.1) is 6.92 Å². The highest BCUT2D eigenvalue weighted by Gasteiger charge is 2.23. The number of hydrogen-bond acceptors (Lipinski definition) is 4. The summed E-state index contributed by atoms with van der Waals surface area (Å²) < 4.78 is 3.05. The molecule has 1 aliphatic carbocycles. The van der Waals surface area contributed by atoms with Gasteiger partial charge in [0.15, 0.2) is 0 Å². The quantitative estimate of drug-likeness (QED) is 0.765. The summed E-state index contributed by atoms with van der Waals surface area (Å²) in [6, 6.07) is 5.24. The molecule has 1 saturated carbocycles. The lowest BCUT2D eigenvalue weighted by Gasteiger charge is -2.31. The first-order valence-electron chi connectivity index (χ1n) is 10.2. The third kappa shape index (κ3) is 5.34. The molecule has 0 aromatic carbocycles. The molecule has 0 spiro atoms. The monoisotopic (exact) mass is 399 g/mol. The third-order valence-electron chi connectivity index (χ3n) is 5.49. The van der Waals surface area contributed by atoms with Gasteiger partial charge in [-0.3, -0.25) is 19.1 Å². The first kappa shape index (κ1) is 20.8. The fourth-order valence-electron chi connectivity index (χ4n) is 3.73. The average molecular weight is 399 g/mol. The molecule has 0 atom stereocenters. The number of carbonyl (C=O) groups excluding carboxylic acids is 2. The van der Waals surface area contributed by atoms with Crippen LogP contribution in [0.5, 0.6) is 0 Å². The first-order chi connectivity index (χ1) is 14.0. The predicted octanol–water partition coefficient (Wildman–Crippen LogP) is 1.57. The van der Waals surface area contributed by atoms with Gasteiger partial charge in [0, 0.05) is 32.0 Å². The summed E-state index contributed by atoms with van der Waals surface area (Å²) in [5.41, 5.74) is 0.493. The van der Waals surface area contributed by atoms with Crippen LogP contribution in [-0.4, -0.2) is 50.7 Å². The standard InChI is InChI=1S/C21H29N5O3/c1-16-10-13-26(23-16)14-11-22-20(28)18-9-6-12-25(21(18)29)15-19(27)24(2)17-7-4-3-5-8-17/h6,9-10,12-13,17H,3-5,7-8,11,14-15H2,1-2H3,(H,22,28). The van der Waals surface area contributed by atoms with Gasteiger partial charge in [-0.05, 0) is 38.0 Å². The minimum Gasteiger partial charge on any atom is -0.350 e. The van der Waals surface area contributed by atoms with Crippen molar-refractivity contribution in [2.75, 3.05) is 13.6 Å². The predicted molar refractivity (Wildman–Crippen MR) is 110 cm³/mol. The molecule has 2 heterocycles. The number of amides is 2. The van der Waals surface area contributed by atoms with Crippen LogP contribution in [0.1, 0.15) is 48.2 Å². The van der Waals surface area contributed by atoms with Crippen molar-refractivity contribution in [3.8, 4) is 0 Å². The summed E-state index contributed by atoms with van der Waals surface area (Å²) in [5, 5.41) is 7.00. The number of rotatable bonds is 7. The van der Waals surface area contributed by atoms with Gasteiger partial charge in [0.1, 0.15) is 12.1 Å². The molecule has 0 unspecified atom stereocenters. The van der Waals surface area contributed by atoms with E-state index < -0.39 is 11.5 Å². The van der Waals surface area contributed by atoms with Crippen LogP contribution in [0.3, 0.4) is 0 Å². The Morgan fingerprint density at radius 1 is 1.21 bits per heavy atom. The van der Waals surface area contributed by atoms with E-state index in [9.17, 15) is 14.4 Å². The van der Waals surface area contributed by atoms with E-state index >= 15 is 0 Å². The lowest BCUT2D eigenvalue weighted by molar-refractivity contribution is -0.133. The maximum Gasteiger partial charge on any atom is 0.263 e. The molecule has 3 rings (SSSR count). The highest BCUT2D eigenvalue weighted by molar-refractivity contribution is 5.93. The Labute approximate surface area is 170 Å². The Balaban J connectivity index is 1.59. The second-order valence-corrected chi connectivity index (χ2v) is 7.63. The Morgan fingerprint density at radius 2 is 1.97 bits per heavy atom. The van der Waals surface area contributed by atoms with Crippen LogP contribution < -0.4 is 10.9 Å². The van der Waals surface area contributed by atoms with Crippen LogP contribution in [0.15, 0.2) is 35.4 Å². The van der Waals surface area contributed by atoms with E-state index in [4.69, 9.17) is 0 Å². The van der Waals surface area contributed by atoms with Crippen molar-refractivity contribution < 1.29 is 9.59 Å². The zero-order chi connectivity index (χ0) is 20.8. The maximum absolute atomic E-state index is 12.7. The summed E-state index contributed by atoms with van der Waals surface area (Å²) in [6.45, 7) is 2.72. The zero-order valence-corrected chi connectivity index (χ0v) is 17.1. The number of hydrogen-bond donors (Lipinski definition) is 1. The molecule has 8 nitrogen and oxygen atoms in total. The van der Waals surface area contributed by atoms with E-state index in [-0.39, 0.29) is 24.1 Å². The van der Waals surface area contributed by atoms with Crippen molar-refractivity contribution in [1.29, 1.82) is 0 Å². The van der Waals surface area contributed by atoms with Crippen LogP contribution >= 0.6 is 0 Å². The molecule has 0 aliphatic heterocycles. The van der Waals surface area contributed by atoms with E-state index in [0.717, 1.165) is 31.4 Å². The zero-order valence-electron chi connectivity index (χ0n) is 17.1. The molecular formula is C21H29N5O3. The highest BCUT2D eigenvalue weighted by Crippen LogP contribution is 2.21. The van der Waals surface area contributed by atoms with E-state index in [2.05, 4.69) is 10.4 Å². The highest BCUT2D eigenvalue weighted by atomic mass is 16.2. The number of nitrogens with zero attached hydrogens (tertiary/aromatic N) is 4. The smallest absolute Gasteiger partial charge is 0.263 e. The Kier molecular flexibility index (Phi) is 6.85. The van der Waals surface area contributed by atoms with E-state index in [1.54, 1.807) is 28.9 Å². The third-order valence-corrected chi connectivity index (χ3v) is 5.49. The molecule has 1 fully saturated rings. The van der Waals surface area contributed by atoms with Crippen LogP contribution in [0.2, 0.25) is 0 Å². The van der Waals surface area contributed by atoms with E-state index in [1.165, 1.54) is 17.1 Å². The summed E-state index contributed by atoms with van der Waals surface area (Å²) in [5.74, 6) is -0.549. The molecule has 1 aliphatic rings. The van der Waals surface area contributed by atoms with Gasteiger partial charge in [-0.15, -0.1) is 0 Å². The van der Waals surface area contributed by atoms with Crippen LogP contribution in [0.4, 0.5) is 0 Å². The largest absolute Gasteiger partial charge is 0.350 e. The Hall–Kier alpha value is -2.90. The molecule has 8 heteroatoms. The number of aryl methyl sites for hydroxylation is 1. The fourth-order valence-corrected chi connectivity index (χ4v) is 3.73. The number of likely N-dealkylation sites (N-methyl/N-ethyl adjacent to an activating group) is 1. The Morgan fingerprint density at radius 3 is 2.66 bits per heavy atom. The second kappa shape index (κ2) is 9.54. The van der Waals surface area contributed by atoms with Gasteiger partial charge in [-0.1, -0.05) is 19.3 Å². The number of aromatic nitrogens is 3. The summed E-state index contributed by atoms with van der Waals surface area (Å²) in [6.07, 6.45) is 8.90. The second-order valence-electron chi connectivity index (χ2n) is 7.63. The minimum atomic E-state index is -0.453. The molecule has 1 N–H and O–H groups in total. The SMILES string of the molecule is Cc1ccn(CCNC(=O)c2cccn(CC(=O)N(C)C3CCCCC3)c2=O)n1. The van der Waals surface area contributed by atoms with Gasteiger partial charge in [-0.25, -0.2) is 0 Å². The molecular weight excluding hydrogens is 370 g/mol. The molecule has 2 aromatic heterocycles. The number of pyridine rings is 1. The van der Waals surface area contributed by atoms with Crippen molar-refractivity contribution in [3.05, 3.63) is 52.2 Å². The molecule has 0 bridgehead atoms. The van der Waals surface area contributed by atoms with E-state index in [0.29, 0.717) is 13.1 Å².